The molecular weight excluding hydrogens is 296 g/mol. The predicted octanol–water partition coefficient (Wildman–Crippen LogP) is 2.08. The lowest BCUT2D eigenvalue weighted by atomic mass is 10.3. The molecule has 1 saturated heterocycles. The SMILES string of the molecule is CCc1ccc(C(=O)N2CC[C@H](n3ccc(NC(C)=O)n3)C2)o1. The highest BCUT2D eigenvalue weighted by atomic mass is 16.4. The maximum Gasteiger partial charge on any atom is 0.289 e. The summed E-state index contributed by atoms with van der Waals surface area (Å²) in [6.45, 7) is 4.69. The second-order valence-corrected chi connectivity index (χ2v) is 5.68. The summed E-state index contributed by atoms with van der Waals surface area (Å²) in [5.41, 5.74) is 0. The van der Waals surface area contributed by atoms with Crippen molar-refractivity contribution in [3.05, 3.63) is 35.9 Å². The maximum absolute atomic E-state index is 12.4. The van der Waals surface area contributed by atoms with Gasteiger partial charge in [0.25, 0.3) is 5.91 Å². The molecule has 3 rings (SSSR count). The number of nitrogens with one attached hydrogen (secondary N) is 1. The fourth-order valence-corrected chi connectivity index (χ4v) is 2.77. The lowest BCUT2D eigenvalue weighted by Gasteiger charge is -2.15. The second kappa shape index (κ2) is 6.28. The number of hydrogen-bond donors (Lipinski definition) is 1. The molecule has 2 aromatic rings. The number of carbonyl (C=O) groups is 2. The summed E-state index contributed by atoms with van der Waals surface area (Å²) in [5, 5.41) is 6.99. The molecule has 7 heteroatoms. The zero-order chi connectivity index (χ0) is 16.4. The molecule has 1 fully saturated rings. The molecule has 0 spiro atoms. The van der Waals surface area contributed by atoms with Crippen molar-refractivity contribution < 1.29 is 14.0 Å². The predicted molar refractivity (Wildman–Crippen MR) is 84.2 cm³/mol. The van der Waals surface area contributed by atoms with Crippen LogP contribution >= 0.6 is 0 Å². The molecule has 0 aliphatic carbocycles. The molecule has 1 aliphatic rings. The summed E-state index contributed by atoms with van der Waals surface area (Å²) < 4.78 is 7.34. The number of anilines is 1. The van der Waals surface area contributed by atoms with E-state index in [-0.39, 0.29) is 17.9 Å². The van der Waals surface area contributed by atoms with Crippen LogP contribution in [0.2, 0.25) is 0 Å². The van der Waals surface area contributed by atoms with Crippen LogP contribution in [0, 0.1) is 0 Å². The number of likely N-dealkylation sites (tertiary alicyclic amines) is 1. The van der Waals surface area contributed by atoms with Crippen molar-refractivity contribution >= 4 is 17.6 Å². The van der Waals surface area contributed by atoms with Gasteiger partial charge in [0.05, 0.1) is 6.04 Å². The fraction of sp³-hybridized carbons (Fsp3) is 0.438. The van der Waals surface area contributed by atoms with Crippen LogP contribution in [0.1, 0.15) is 42.6 Å². The first-order valence-electron chi connectivity index (χ1n) is 7.77. The van der Waals surface area contributed by atoms with Gasteiger partial charge in [-0.05, 0) is 18.6 Å². The number of aryl methyl sites for hydroxylation is 1. The van der Waals surface area contributed by atoms with Gasteiger partial charge in [-0.15, -0.1) is 0 Å². The van der Waals surface area contributed by atoms with Crippen LogP contribution < -0.4 is 5.32 Å². The van der Waals surface area contributed by atoms with Crippen molar-refractivity contribution in [1.82, 2.24) is 14.7 Å². The Hall–Kier alpha value is -2.57. The number of carbonyl (C=O) groups excluding carboxylic acids is 2. The third-order valence-electron chi connectivity index (χ3n) is 3.96. The van der Waals surface area contributed by atoms with Gasteiger partial charge in [0.2, 0.25) is 5.91 Å². The highest BCUT2D eigenvalue weighted by Crippen LogP contribution is 2.24. The Morgan fingerprint density at radius 1 is 1.39 bits per heavy atom. The van der Waals surface area contributed by atoms with Crippen molar-refractivity contribution in [3.63, 3.8) is 0 Å². The molecule has 2 amide bonds. The van der Waals surface area contributed by atoms with E-state index in [1.165, 1.54) is 6.92 Å². The van der Waals surface area contributed by atoms with E-state index in [0.29, 0.717) is 24.7 Å². The average molecular weight is 316 g/mol. The third-order valence-corrected chi connectivity index (χ3v) is 3.96. The molecule has 1 aliphatic heterocycles. The number of furan rings is 1. The monoisotopic (exact) mass is 316 g/mol. The van der Waals surface area contributed by atoms with Gasteiger partial charge in [0.15, 0.2) is 11.6 Å². The quantitative estimate of drug-likeness (QED) is 0.936. The summed E-state index contributed by atoms with van der Waals surface area (Å²) in [5.74, 6) is 1.50. The van der Waals surface area contributed by atoms with E-state index < -0.39 is 0 Å². The first kappa shape index (κ1) is 15.3. The topological polar surface area (TPSA) is 80.4 Å². The van der Waals surface area contributed by atoms with E-state index in [2.05, 4.69) is 10.4 Å². The largest absolute Gasteiger partial charge is 0.456 e. The summed E-state index contributed by atoms with van der Waals surface area (Å²) in [6.07, 6.45) is 3.43. The first-order valence-corrected chi connectivity index (χ1v) is 7.77. The van der Waals surface area contributed by atoms with Crippen LogP contribution in [0.25, 0.3) is 0 Å². The molecule has 2 aromatic heterocycles. The summed E-state index contributed by atoms with van der Waals surface area (Å²) >= 11 is 0. The lowest BCUT2D eigenvalue weighted by Crippen LogP contribution is -2.28. The Morgan fingerprint density at radius 2 is 2.22 bits per heavy atom. The van der Waals surface area contributed by atoms with Gasteiger partial charge in [-0.3, -0.25) is 14.3 Å². The number of aromatic nitrogens is 2. The zero-order valence-electron chi connectivity index (χ0n) is 13.3. The molecule has 0 unspecified atom stereocenters. The van der Waals surface area contributed by atoms with Gasteiger partial charge < -0.3 is 14.6 Å². The summed E-state index contributed by atoms with van der Waals surface area (Å²) in [6, 6.07) is 5.44. The Bertz CT molecular complexity index is 718. The number of nitrogens with zero attached hydrogens (tertiary/aromatic N) is 3. The smallest absolute Gasteiger partial charge is 0.289 e. The standard InChI is InChI=1S/C16H20N4O3/c1-3-13-4-5-14(23-13)16(22)19-8-6-12(10-19)20-9-7-15(18-20)17-11(2)21/h4-5,7,9,12H,3,6,8,10H2,1-2H3,(H,17,18,21)/t12-/m0/s1. The van der Waals surface area contributed by atoms with E-state index in [9.17, 15) is 9.59 Å². The minimum atomic E-state index is -0.150. The van der Waals surface area contributed by atoms with E-state index >= 15 is 0 Å². The Balaban J connectivity index is 1.64. The van der Waals surface area contributed by atoms with Crippen molar-refractivity contribution in [3.8, 4) is 0 Å². The fourth-order valence-electron chi connectivity index (χ4n) is 2.77. The molecule has 1 atom stereocenters. The molecule has 1 N–H and O–H groups in total. The van der Waals surface area contributed by atoms with Crippen LogP contribution in [-0.4, -0.2) is 39.6 Å². The van der Waals surface area contributed by atoms with E-state index in [0.717, 1.165) is 18.6 Å². The molecular formula is C16H20N4O3. The third kappa shape index (κ3) is 3.28. The van der Waals surface area contributed by atoms with Gasteiger partial charge in [0.1, 0.15) is 5.76 Å². The summed E-state index contributed by atoms with van der Waals surface area (Å²) in [7, 11) is 0. The lowest BCUT2D eigenvalue weighted by molar-refractivity contribution is -0.114. The minimum absolute atomic E-state index is 0.0820. The number of hydrogen-bond acceptors (Lipinski definition) is 4. The van der Waals surface area contributed by atoms with Crippen LogP contribution in [-0.2, 0) is 11.2 Å². The average Bonchev–Trinajstić information content (AvgIpc) is 3.25. The van der Waals surface area contributed by atoms with Gasteiger partial charge in [-0.2, -0.15) is 5.10 Å². The zero-order valence-corrected chi connectivity index (χ0v) is 13.3. The Kier molecular flexibility index (Phi) is 4.18. The van der Waals surface area contributed by atoms with Gasteiger partial charge >= 0.3 is 0 Å². The first-order chi connectivity index (χ1) is 11.1. The van der Waals surface area contributed by atoms with Crippen LogP contribution in [0.5, 0.6) is 0 Å². The molecule has 23 heavy (non-hydrogen) atoms. The van der Waals surface area contributed by atoms with Crippen molar-refractivity contribution in [2.24, 2.45) is 0 Å². The van der Waals surface area contributed by atoms with E-state index in [4.69, 9.17) is 4.42 Å². The van der Waals surface area contributed by atoms with Gasteiger partial charge in [-0.1, -0.05) is 6.92 Å². The molecule has 0 saturated carbocycles. The van der Waals surface area contributed by atoms with Gasteiger partial charge in [0, 0.05) is 38.7 Å². The Labute approximate surface area is 134 Å². The maximum atomic E-state index is 12.4. The molecule has 7 nitrogen and oxygen atoms in total. The molecule has 3 heterocycles. The molecule has 0 radical (unpaired) electrons. The van der Waals surface area contributed by atoms with E-state index in [1.807, 2.05) is 19.2 Å². The van der Waals surface area contributed by atoms with Crippen molar-refractivity contribution in [2.75, 3.05) is 18.4 Å². The van der Waals surface area contributed by atoms with Crippen molar-refractivity contribution in [1.29, 1.82) is 0 Å². The van der Waals surface area contributed by atoms with Crippen molar-refractivity contribution in [2.45, 2.75) is 32.7 Å². The molecule has 0 aromatic carbocycles. The summed E-state index contributed by atoms with van der Waals surface area (Å²) in [4.78, 5) is 25.3. The van der Waals surface area contributed by atoms with Crippen LogP contribution in [0.3, 0.4) is 0 Å². The van der Waals surface area contributed by atoms with E-state index in [1.54, 1.807) is 21.7 Å². The number of rotatable bonds is 4. The minimum Gasteiger partial charge on any atom is -0.456 e. The molecule has 0 bridgehead atoms. The highest BCUT2D eigenvalue weighted by Gasteiger charge is 2.30. The van der Waals surface area contributed by atoms with Crippen LogP contribution in [0.15, 0.2) is 28.8 Å². The van der Waals surface area contributed by atoms with Gasteiger partial charge in [-0.25, -0.2) is 0 Å². The van der Waals surface area contributed by atoms with Crippen LogP contribution in [0.4, 0.5) is 5.82 Å². The normalized spacial score (nSPS) is 17.5. The number of amides is 2. The molecule has 122 valence electrons. The highest BCUT2D eigenvalue weighted by molar-refractivity contribution is 5.91. The second-order valence-electron chi connectivity index (χ2n) is 5.68. The Morgan fingerprint density at radius 3 is 2.91 bits per heavy atom.